The van der Waals surface area contributed by atoms with Crippen LogP contribution in [0.15, 0.2) is 0 Å². The van der Waals surface area contributed by atoms with E-state index in [4.69, 9.17) is 10.5 Å². The summed E-state index contributed by atoms with van der Waals surface area (Å²) in [6.45, 7) is 0. The van der Waals surface area contributed by atoms with E-state index in [1.807, 2.05) is 0 Å². The third kappa shape index (κ3) is 11.5. The molecule has 0 aromatic rings. The van der Waals surface area contributed by atoms with Gasteiger partial charge in [0.05, 0.1) is 0 Å². The predicted octanol–water partition coefficient (Wildman–Crippen LogP) is 0.0124. The molecule has 2 nitrogen and oxygen atoms in total. The molecule has 0 aliphatic heterocycles. The van der Waals surface area contributed by atoms with E-state index in [1.54, 1.807) is 0 Å². The topological polar surface area (TPSA) is 40.5 Å². The van der Waals surface area contributed by atoms with E-state index in [0.717, 1.165) is 0 Å². The van der Waals surface area contributed by atoms with Crippen molar-refractivity contribution in [1.82, 2.24) is 0 Å². The molecule has 2 N–H and O–H groups in total. The van der Waals surface area contributed by atoms with Crippen molar-refractivity contribution < 1.29 is 47.1 Å². The SMILES string of the molecule is OO.[Fe].[Zn]. The third-order valence-electron chi connectivity index (χ3n) is 0. The molecule has 0 saturated carbocycles. The van der Waals surface area contributed by atoms with Crippen LogP contribution in [0.25, 0.3) is 0 Å². The van der Waals surface area contributed by atoms with Crippen molar-refractivity contribution in [3.63, 3.8) is 0 Å². The molecule has 0 aromatic carbocycles. The van der Waals surface area contributed by atoms with Crippen molar-refractivity contribution in [1.29, 1.82) is 0 Å². The van der Waals surface area contributed by atoms with Crippen LogP contribution in [0, 0.1) is 0 Å². The fourth-order valence-electron chi connectivity index (χ4n) is 0. The Labute approximate surface area is 47.4 Å². The molecule has 4 heavy (non-hydrogen) atoms. The quantitative estimate of drug-likeness (QED) is 0.294. The summed E-state index contributed by atoms with van der Waals surface area (Å²) in [7, 11) is 0. The second kappa shape index (κ2) is 33.7. The van der Waals surface area contributed by atoms with Crippen LogP contribution < -0.4 is 0 Å². The van der Waals surface area contributed by atoms with E-state index in [2.05, 4.69) is 0 Å². The van der Waals surface area contributed by atoms with Gasteiger partial charge in [-0.1, -0.05) is 0 Å². The van der Waals surface area contributed by atoms with Crippen LogP contribution in [-0.4, -0.2) is 10.5 Å². The molecule has 0 amide bonds. The van der Waals surface area contributed by atoms with Gasteiger partial charge >= 0.3 is 0 Å². The van der Waals surface area contributed by atoms with E-state index < -0.39 is 0 Å². The smallest absolute Gasteiger partial charge is 0 e. The molecule has 0 aromatic heterocycles. The fourth-order valence-corrected chi connectivity index (χ4v) is 0. The van der Waals surface area contributed by atoms with Gasteiger partial charge in [0.2, 0.25) is 0 Å². The Kier molecular flexibility index (Phi) is 166. The number of rotatable bonds is 0. The van der Waals surface area contributed by atoms with Gasteiger partial charge < -0.3 is 0 Å². The first-order valence-corrected chi connectivity index (χ1v) is 0.200. The molecule has 0 fully saturated rings. The van der Waals surface area contributed by atoms with Gasteiger partial charge in [-0.3, -0.25) is 10.5 Å². The maximum absolute atomic E-state index is 6.00. The maximum Gasteiger partial charge on any atom is 0 e. The van der Waals surface area contributed by atoms with Gasteiger partial charge in [0.15, 0.2) is 0 Å². The van der Waals surface area contributed by atoms with E-state index in [-0.39, 0.29) is 36.5 Å². The standard InChI is InChI=1S/Fe.H2O2.Zn/c;1-2;/h;1-2H;. The molecule has 0 heterocycles. The van der Waals surface area contributed by atoms with E-state index in [0.29, 0.717) is 0 Å². The molecule has 0 atom stereocenters. The van der Waals surface area contributed by atoms with Gasteiger partial charge in [-0.15, -0.1) is 0 Å². The third-order valence-corrected chi connectivity index (χ3v) is 0. The Morgan fingerprint density at radius 2 is 1.00 bits per heavy atom. The van der Waals surface area contributed by atoms with Crippen LogP contribution in [0.3, 0.4) is 0 Å². The second-order valence-electron chi connectivity index (χ2n) is 0. The molecule has 0 saturated heterocycles. The minimum Gasteiger partial charge on any atom is -0.255 e. The largest absolute Gasteiger partial charge is 0.255 e. The first kappa shape index (κ1) is 19.6. The van der Waals surface area contributed by atoms with Crippen molar-refractivity contribution in [2.45, 2.75) is 0 Å². The van der Waals surface area contributed by atoms with Crippen molar-refractivity contribution in [3.05, 3.63) is 0 Å². The maximum atomic E-state index is 6.00. The number of hydrogen-bond donors (Lipinski definition) is 2. The van der Waals surface area contributed by atoms with Crippen LogP contribution in [0.5, 0.6) is 0 Å². The normalized spacial score (nSPS) is 1.50. The van der Waals surface area contributed by atoms with Crippen LogP contribution in [0.2, 0.25) is 0 Å². The van der Waals surface area contributed by atoms with E-state index in [1.165, 1.54) is 0 Å². The summed E-state index contributed by atoms with van der Waals surface area (Å²) in [4.78, 5) is 0. The van der Waals surface area contributed by atoms with Crippen molar-refractivity contribution in [3.8, 4) is 0 Å². The van der Waals surface area contributed by atoms with Crippen LogP contribution >= 0.6 is 0 Å². The molecule has 0 spiro atoms. The molecular weight excluding hydrogens is 153 g/mol. The first-order valence-electron chi connectivity index (χ1n) is 0.200. The van der Waals surface area contributed by atoms with Crippen LogP contribution in [-0.2, 0) is 36.5 Å². The number of hydrogen-bond acceptors (Lipinski definition) is 2. The average molecular weight is 155 g/mol. The van der Waals surface area contributed by atoms with Crippen molar-refractivity contribution >= 4 is 0 Å². The molecule has 0 bridgehead atoms. The summed E-state index contributed by atoms with van der Waals surface area (Å²) in [6, 6.07) is 0. The summed E-state index contributed by atoms with van der Waals surface area (Å²) in [5.41, 5.74) is 0. The summed E-state index contributed by atoms with van der Waals surface area (Å²) < 4.78 is 0. The van der Waals surface area contributed by atoms with Gasteiger partial charge in [0.25, 0.3) is 0 Å². The average Bonchev–Trinajstić information content (AvgIpc) is 1.00. The monoisotopic (exact) mass is 154 g/mol. The summed E-state index contributed by atoms with van der Waals surface area (Å²) in [6.07, 6.45) is 0. The molecule has 4 heteroatoms. The Morgan fingerprint density at radius 1 is 1.00 bits per heavy atom. The summed E-state index contributed by atoms with van der Waals surface area (Å²) in [5.74, 6) is 0. The molecule has 0 rings (SSSR count). The van der Waals surface area contributed by atoms with Gasteiger partial charge in [-0.2, -0.15) is 0 Å². The molecule has 0 aliphatic rings. The zero-order valence-corrected chi connectivity index (χ0v) is 6.03. The zero-order chi connectivity index (χ0) is 2.00. The molecule has 24 valence electrons. The Bertz CT molecular complexity index is 6.00. The minimum absolute atomic E-state index is 0. The van der Waals surface area contributed by atoms with E-state index in [9.17, 15) is 0 Å². The fraction of sp³-hybridized carbons (Fsp3) is 0. The van der Waals surface area contributed by atoms with Crippen molar-refractivity contribution in [2.75, 3.05) is 0 Å². The molecule has 0 aliphatic carbocycles. The Morgan fingerprint density at radius 3 is 1.00 bits per heavy atom. The van der Waals surface area contributed by atoms with Gasteiger partial charge in [0.1, 0.15) is 0 Å². The second-order valence-corrected chi connectivity index (χ2v) is 0. The van der Waals surface area contributed by atoms with Gasteiger partial charge in [-0.25, -0.2) is 0 Å². The molecule has 0 unspecified atom stereocenters. The van der Waals surface area contributed by atoms with Crippen LogP contribution in [0.4, 0.5) is 0 Å². The summed E-state index contributed by atoms with van der Waals surface area (Å²) in [5, 5.41) is 12.0. The molecular formula is H2FeO2Zn. The zero-order valence-electron chi connectivity index (χ0n) is 1.96. The van der Waals surface area contributed by atoms with Crippen molar-refractivity contribution in [2.24, 2.45) is 0 Å². The van der Waals surface area contributed by atoms with Crippen LogP contribution in [0.1, 0.15) is 0 Å². The Balaban J connectivity index is -0.00000000500. The minimum atomic E-state index is 0. The first-order chi connectivity index (χ1) is 1.00. The van der Waals surface area contributed by atoms with Gasteiger partial charge in [-0.05, 0) is 0 Å². The Hall–Kier alpha value is 1.06. The predicted molar refractivity (Wildman–Crippen MR) is 5.26 cm³/mol. The molecule has 0 radical (unpaired) electrons. The summed E-state index contributed by atoms with van der Waals surface area (Å²) >= 11 is 0. The van der Waals surface area contributed by atoms with E-state index >= 15 is 0 Å². The van der Waals surface area contributed by atoms with Gasteiger partial charge in [0, 0.05) is 36.5 Å².